The lowest BCUT2D eigenvalue weighted by Gasteiger charge is -2.31. The summed E-state index contributed by atoms with van der Waals surface area (Å²) < 4.78 is 6.11. The van der Waals surface area contributed by atoms with E-state index >= 15 is 0 Å². The van der Waals surface area contributed by atoms with E-state index in [1.807, 2.05) is 24.4 Å². The smallest absolute Gasteiger partial charge is 0.132 e. The summed E-state index contributed by atoms with van der Waals surface area (Å²) in [5.41, 5.74) is 3.86. The summed E-state index contributed by atoms with van der Waals surface area (Å²) in [7, 11) is 0. The van der Waals surface area contributed by atoms with Gasteiger partial charge >= 0.3 is 0 Å². The molecule has 1 aromatic carbocycles. The van der Waals surface area contributed by atoms with Gasteiger partial charge in [-0.25, -0.2) is 15.0 Å². The van der Waals surface area contributed by atoms with Gasteiger partial charge in [0, 0.05) is 43.6 Å². The third-order valence-corrected chi connectivity index (χ3v) is 6.00. The number of benzene rings is 1. The fourth-order valence-electron chi connectivity index (χ4n) is 3.91. The highest BCUT2D eigenvalue weighted by atomic mass is 16.5. The van der Waals surface area contributed by atoms with Crippen molar-refractivity contribution in [3.63, 3.8) is 0 Å². The molecule has 2 aliphatic heterocycles. The normalized spacial score (nSPS) is 19.8. The van der Waals surface area contributed by atoms with E-state index in [1.54, 1.807) is 6.33 Å². The maximum atomic E-state index is 7.08. The van der Waals surface area contributed by atoms with Crippen molar-refractivity contribution in [1.29, 1.82) is 5.41 Å². The quantitative estimate of drug-likeness (QED) is 0.606. The van der Waals surface area contributed by atoms with Gasteiger partial charge < -0.3 is 15.0 Å². The van der Waals surface area contributed by atoms with Crippen molar-refractivity contribution in [2.45, 2.75) is 50.7 Å². The van der Waals surface area contributed by atoms with Crippen LogP contribution >= 0.6 is 0 Å². The maximum absolute atomic E-state index is 7.08. The predicted octanol–water partition coefficient (Wildman–Crippen LogP) is 3.97. The Morgan fingerprint density at radius 1 is 1.23 bits per heavy atom. The van der Waals surface area contributed by atoms with Crippen LogP contribution in [0.15, 0.2) is 40.6 Å². The maximum Gasteiger partial charge on any atom is 0.132 e. The molecule has 2 fully saturated rings. The van der Waals surface area contributed by atoms with Gasteiger partial charge in [0.25, 0.3) is 0 Å². The minimum absolute atomic E-state index is 0.00695. The number of nitrogens with one attached hydrogen (secondary N) is 1. The van der Waals surface area contributed by atoms with Crippen molar-refractivity contribution >= 4 is 29.6 Å². The molecule has 0 radical (unpaired) electrons. The van der Waals surface area contributed by atoms with E-state index in [-0.39, 0.29) is 5.60 Å². The molecule has 30 heavy (non-hydrogen) atoms. The minimum Gasteiger partial charge on any atom is -0.488 e. The van der Waals surface area contributed by atoms with Crippen LogP contribution in [0.3, 0.4) is 0 Å². The molecule has 1 saturated carbocycles. The van der Waals surface area contributed by atoms with Crippen LogP contribution in [0, 0.1) is 5.41 Å². The van der Waals surface area contributed by atoms with E-state index in [1.165, 1.54) is 6.21 Å². The van der Waals surface area contributed by atoms with Crippen LogP contribution < -0.4 is 9.64 Å². The van der Waals surface area contributed by atoms with E-state index in [2.05, 4.69) is 37.8 Å². The number of fused-ring (bicyclic) bond motifs is 1. The molecule has 0 amide bonds. The molecule has 5 rings (SSSR count). The van der Waals surface area contributed by atoms with Crippen molar-refractivity contribution in [2.24, 2.45) is 9.98 Å². The van der Waals surface area contributed by atoms with Crippen LogP contribution in [-0.4, -0.2) is 52.8 Å². The molecule has 1 aromatic heterocycles. The number of piperidine rings is 1. The number of ether oxygens (including phenoxy) is 1. The third-order valence-electron chi connectivity index (χ3n) is 6.00. The highest BCUT2D eigenvalue weighted by molar-refractivity contribution is 6.21. The lowest BCUT2D eigenvalue weighted by atomic mass is 9.98. The van der Waals surface area contributed by atoms with Gasteiger partial charge in [-0.3, -0.25) is 4.99 Å². The molecule has 1 saturated heterocycles. The van der Waals surface area contributed by atoms with E-state index in [0.29, 0.717) is 12.5 Å². The molecule has 0 atom stereocenters. The summed E-state index contributed by atoms with van der Waals surface area (Å²) in [5.74, 6) is 1.84. The molecule has 7 heteroatoms. The van der Waals surface area contributed by atoms with Gasteiger partial charge in [0.2, 0.25) is 0 Å². The molecule has 154 valence electrons. The van der Waals surface area contributed by atoms with Gasteiger partial charge in [0.1, 0.15) is 23.5 Å². The van der Waals surface area contributed by atoms with Crippen molar-refractivity contribution in [3.8, 4) is 5.75 Å². The summed E-state index contributed by atoms with van der Waals surface area (Å²) in [6.45, 7) is 3.99. The molecule has 1 aliphatic carbocycles. The lowest BCUT2D eigenvalue weighted by Crippen LogP contribution is -2.36. The molecule has 3 heterocycles. The summed E-state index contributed by atoms with van der Waals surface area (Å²) >= 11 is 0. The second-order valence-electron chi connectivity index (χ2n) is 8.44. The van der Waals surface area contributed by atoms with Crippen LogP contribution in [0.1, 0.15) is 50.3 Å². The largest absolute Gasteiger partial charge is 0.488 e. The second kappa shape index (κ2) is 7.63. The summed E-state index contributed by atoms with van der Waals surface area (Å²) in [5, 5.41) is 7.08. The first-order chi connectivity index (χ1) is 14.6. The number of rotatable bonds is 7. The predicted molar refractivity (Wildman–Crippen MR) is 119 cm³/mol. The molecule has 7 nitrogen and oxygen atoms in total. The van der Waals surface area contributed by atoms with Crippen molar-refractivity contribution in [1.82, 2.24) is 9.97 Å². The molecule has 1 N–H and O–H groups in total. The zero-order valence-electron chi connectivity index (χ0n) is 17.2. The van der Waals surface area contributed by atoms with Gasteiger partial charge in [-0.15, -0.1) is 0 Å². The number of hydrogen-bond donors (Lipinski definition) is 1. The van der Waals surface area contributed by atoms with Gasteiger partial charge in [0.05, 0.1) is 23.1 Å². The first kappa shape index (κ1) is 18.9. The molecule has 2 aromatic rings. The first-order valence-electron chi connectivity index (χ1n) is 10.6. The van der Waals surface area contributed by atoms with Gasteiger partial charge in [-0.05, 0) is 50.8 Å². The summed E-state index contributed by atoms with van der Waals surface area (Å²) in [6.07, 6.45) is 9.70. The van der Waals surface area contributed by atoms with Crippen LogP contribution in [0.5, 0.6) is 5.75 Å². The number of anilines is 1. The highest BCUT2D eigenvalue weighted by Crippen LogP contribution is 2.42. The number of aliphatic imine (C=N–C) groups is 2. The van der Waals surface area contributed by atoms with Gasteiger partial charge in [0.15, 0.2) is 0 Å². The molecule has 3 aliphatic rings. The highest BCUT2D eigenvalue weighted by Gasteiger charge is 2.40. The van der Waals surface area contributed by atoms with E-state index < -0.39 is 0 Å². The zero-order valence-corrected chi connectivity index (χ0v) is 17.2. The summed E-state index contributed by atoms with van der Waals surface area (Å²) in [4.78, 5) is 20.5. The molecule has 0 spiro atoms. The monoisotopic (exact) mass is 402 g/mol. The summed E-state index contributed by atoms with van der Waals surface area (Å²) in [6, 6.07) is 8.49. The number of nitrogens with zero attached hydrogens (tertiary/aromatic N) is 5. The molecular weight excluding hydrogens is 376 g/mol. The average molecular weight is 403 g/mol. The Kier molecular flexibility index (Phi) is 4.81. The van der Waals surface area contributed by atoms with E-state index in [9.17, 15) is 0 Å². The SMILES string of the molecule is CC1(Oc2ccc3c(c2)C(c2cc(N4CCC(N=CCC=N)CC4)ncn2)=N3)CC1. The third kappa shape index (κ3) is 3.84. The Bertz CT molecular complexity index is 1020. The zero-order chi connectivity index (χ0) is 20.6. The Balaban J connectivity index is 1.27. The Labute approximate surface area is 176 Å². The topological polar surface area (TPSA) is 86.8 Å². The standard InChI is InChI=1S/C23H26N6O/c1-23(7-8-23)30-17-3-4-19-18(13-17)22(28-19)20-14-21(27-15-26-20)29-11-5-16(6-12-29)25-10-2-9-24/h3-4,9-10,13-16,24H,2,5-8,11-12H2,1H3. The van der Waals surface area contributed by atoms with Crippen molar-refractivity contribution in [3.05, 3.63) is 41.9 Å². The molecule has 0 unspecified atom stereocenters. The Hall–Kier alpha value is -3.09. The lowest BCUT2D eigenvalue weighted by molar-refractivity contribution is 0.200. The number of aromatic nitrogens is 2. The number of hydrogen-bond acceptors (Lipinski definition) is 7. The van der Waals surface area contributed by atoms with Crippen LogP contribution in [0.2, 0.25) is 0 Å². The fraction of sp³-hybridized carbons (Fsp3) is 0.435. The van der Waals surface area contributed by atoms with Crippen LogP contribution in [-0.2, 0) is 0 Å². The van der Waals surface area contributed by atoms with E-state index in [0.717, 1.165) is 73.0 Å². The first-order valence-corrected chi connectivity index (χ1v) is 10.6. The van der Waals surface area contributed by atoms with Crippen molar-refractivity contribution in [2.75, 3.05) is 18.0 Å². The fourth-order valence-corrected chi connectivity index (χ4v) is 3.91. The average Bonchev–Trinajstić information content (AvgIpc) is 3.48. The van der Waals surface area contributed by atoms with E-state index in [4.69, 9.17) is 10.1 Å². The van der Waals surface area contributed by atoms with Gasteiger partial charge in [-0.1, -0.05) is 0 Å². The molecule has 0 bridgehead atoms. The minimum atomic E-state index is 0.00695. The Morgan fingerprint density at radius 3 is 2.83 bits per heavy atom. The Morgan fingerprint density at radius 2 is 2.07 bits per heavy atom. The van der Waals surface area contributed by atoms with Crippen LogP contribution in [0.4, 0.5) is 11.5 Å². The van der Waals surface area contributed by atoms with Crippen molar-refractivity contribution < 1.29 is 4.74 Å². The second-order valence-corrected chi connectivity index (χ2v) is 8.44. The van der Waals surface area contributed by atoms with Crippen LogP contribution in [0.25, 0.3) is 0 Å². The molecular formula is C23H26N6O. The van der Waals surface area contributed by atoms with Gasteiger partial charge in [-0.2, -0.15) is 0 Å².